The standard InChI is InChI=1S/C32H41N7O3.ClH/c1-32(2,31(41)37-14-11-33-12-15-37)42-29-16-28(19-34-20-29)38-13-3-4-25(22-38)30(40)39(27-9-10-27)21-23-5-7-24(8-6-23)26-17-35-36-18-26;/h5-8,16-20,25,27,33H,3-4,9-15,21-22H2,1-2H3,(H,35,36);1H/t25-;/m0./s1. The molecule has 0 spiro atoms. The van der Waals surface area contributed by atoms with Crippen LogP contribution in [-0.4, -0.2) is 87.7 Å². The lowest BCUT2D eigenvalue weighted by Gasteiger charge is -2.37. The first-order chi connectivity index (χ1) is 20.4. The number of carbonyl (C=O) groups is 2. The summed E-state index contributed by atoms with van der Waals surface area (Å²) in [5.74, 6) is 0.714. The van der Waals surface area contributed by atoms with E-state index in [1.807, 2.05) is 43.4 Å². The number of hydrogen-bond donors (Lipinski definition) is 2. The number of nitrogens with zero attached hydrogens (tertiary/aromatic N) is 5. The number of anilines is 1. The number of piperidine rings is 1. The molecule has 10 nitrogen and oxygen atoms in total. The zero-order valence-corrected chi connectivity index (χ0v) is 25.8. The van der Waals surface area contributed by atoms with Gasteiger partial charge in [-0.25, -0.2) is 0 Å². The second kappa shape index (κ2) is 13.3. The van der Waals surface area contributed by atoms with Crippen LogP contribution in [0.1, 0.15) is 45.1 Å². The van der Waals surface area contributed by atoms with E-state index in [9.17, 15) is 9.59 Å². The second-order valence-electron chi connectivity index (χ2n) is 12.2. The van der Waals surface area contributed by atoms with Gasteiger partial charge in [-0.15, -0.1) is 12.4 Å². The number of rotatable bonds is 9. The topological polar surface area (TPSA) is 107 Å². The summed E-state index contributed by atoms with van der Waals surface area (Å²) in [6.45, 7) is 8.73. The quantitative estimate of drug-likeness (QED) is 0.380. The molecular formula is C32H42ClN7O3. The van der Waals surface area contributed by atoms with E-state index < -0.39 is 5.60 Å². The van der Waals surface area contributed by atoms with Crippen molar-refractivity contribution in [1.29, 1.82) is 0 Å². The summed E-state index contributed by atoms with van der Waals surface area (Å²) in [5.41, 5.74) is 3.22. The van der Waals surface area contributed by atoms with Gasteiger partial charge in [-0.1, -0.05) is 24.3 Å². The van der Waals surface area contributed by atoms with Crippen molar-refractivity contribution < 1.29 is 14.3 Å². The maximum Gasteiger partial charge on any atom is 0.266 e. The molecule has 2 N–H and O–H groups in total. The third kappa shape index (κ3) is 7.30. The minimum atomic E-state index is -1.00. The highest BCUT2D eigenvalue weighted by Crippen LogP contribution is 2.33. The molecule has 230 valence electrons. The van der Waals surface area contributed by atoms with E-state index in [0.29, 0.717) is 38.0 Å². The first kappa shape index (κ1) is 30.8. The van der Waals surface area contributed by atoms with Crippen molar-refractivity contribution in [2.75, 3.05) is 44.2 Å². The fourth-order valence-corrected chi connectivity index (χ4v) is 6.05. The monoisotopic (exact) mass is 607 g/mol. The summed E-state index contributed by atoms with van der Waals surface area (Å²) in [7, 11) is 0. The Kier molecular flexibility index (Phi) is 9.56. The van der Waals surface area contributed by atoms with E-state index >= 15 is 0 Å². The van der Waals surface area contributed by atoms with Crippen LogP contribution in [0.2, 0.25) is 0 Å². The van der Waals surface area contributed by atoms with Gasteiger partial charge in [-0.2, -0.15) is 5.10 Å². The van der Waals surface area contributed by atoms with E-state index in [4.69, 9.17) is 4.74 Å². The van der Waals surface area contributed by atoms with Crippen molar-refractivity contribution in [2.24, 2.45) is 5.92 Å². The number of piperazine rings is 1. The maximum atomic E-state index is 13.9. The molecule has 2 aromatic heterocycles. The molecule has 2 amide bonds. The van der Waals surface area contributed by atoms with Gasteiger partial charge < -0.3 is 24.8 Å². The number of amides is 2. The highest BCUT2D eigenvalue weighted by molar-refractivity contribution is 5.85. The van der Waals surface area contributed by atoms with Crippen molar-refractivity contribution in [3.63, 3.8) is 0 Å². The Hall–Kier alpha value is -3.63. The number of benzene rings is 1. The SMILES string of the molecule is CC(C)(Oc1cncc(N2CCC[C@H](C(=O)N(Cc3ccc(-c4cn[nH]c4)cc3)C3CC3)C2)c1)C(=O)N1CCNCC1.Cl. The van der Waals surface area contributed by atoms with Crippen LogP contribution in [0.15, 0.2) is 55.1 Å². The summed E-state index contributed by atoms with van der Waals surface area (Å²) in [5, 5.41) is 10.2. The molecule has 2 aliphatic heterocycles. The van der Waals surface area contributed by atoms with E-state index in [0.717, 1.165) is 67.7 Å². The summed E-state index contributed by atoms with van der Waals surface area (Å²) in [4.78, 5) is 37.7. The molecular weight excluding hydrogens is 566 g/mol. The molecule has 0 bridgehead atoms. The van der Waals surface area contributed by atoms with Crippen LogP contribution in [0.5, 0.6) is 5.75 Å². The van der Waals surface area contributed by atoms with Gasteiger partial charge in [0.1, 0.15) is 5.75 Å². The number of H-pyrrole nitrogens is 1. The summed E-state index contributed by atoms with van der Waals surface area (Å²) < 4.78 is 6.22. The number of carbonyl (C=O) groups excluding carboxylic acids is 2. The normalized spacial score (nSPS) is 19.0. The van der Waals surface area contributed by atoms with Gasteiger partial charge in [0.15, 0.2) is 5.60 Å². The van der Waals surface area contributed by atoms with E-state index in [1.54, 1.807) is 6.20 Å². The minimum absolute atomic E-state index is 0. The number of aromatic nitrogens is 3. The number of aromatic amines is 1. The molecule has 2 saturated heterocycles. The number of ether oxygens (including phenoxy) is 1. The lowest BCUT2D eigenvalue weighted by atomic mass is 9.95. The zero-order chi connectivity index (χ0) is 29.1. The smallest absolute Gasteiger partial charge is 0.266 e. The fraction of sp³-hybridized carbons (Fsp3) is 0.500. The first-order valence-corrected chi connectivity index (χ1v) is 15.1. The Bertz CT molecular complexity index is 1370. The molecule has 1 aromatic carbocycles. The van der Waals surface area contributed by atoms with Crippen molar-refractivity contribution in [3.8, 4) is 16.9 Å². The molecule has 3 aliphatic rings. The Morgan fingerprint density at radius 1 is 1.02 bits per heavy atom. The first-order valence-electron chi connectivity index (χ1n) is 15.1. The van der Waals surface area contributed by atoms with E-state index in [2.05, 4.69) is 54.6 Å². The molecule has 0 unspecified atom stereocenters. The van der Waals surface area contributed by atoms with Gasteiger partial charge in [0.25, 0.3) is 5.91 Å². The third-order valence-corrected chi connectivity index (χ3v) is 8.54. The molecule has 6 rings (SSSR count). The second-order valence-corrected chi connectivity index (χ2v) is 12.2. The van der Waals surface area contributed by atoms with E-state index in [-0.39, 0.29) is 30.1 Å². The largest absolute Gasteiger partial charge is 0.476 e. The van der Waals surface area contributed by atoms with Crippen molar-refractivity contribution in [2.45, 2.75) is 57.7 Å². The summed E-state index contributed by atoms with van der Waals surface area (Å²) in [6, 6.07) is 10.7. The van der Waals surface area contributed by atoms with Gasteiger partial charge in [0.2, 0.25) is 5.91 Å². The molecule has 43 heavy (non-hydrogen) atoms. The van der Waals surface area contributed by atoms with Crippen LogP contribution in [0.3, 0.4) is 0 Å². The Balaban J connectivity index is 0.00000368. The minimum Gasteiger partial charge on any atom is -0.476 e. The molecule has 1 atom stereocenters. The van der Waals surface area contributed by atoms with Crippen LogP contribution >= 0.6 is 12.4 Å². The summed E-state index contributed by atoms with van der Waals surface area (Å²) >= 11 is 0. The van der Waals surface area contributed by atoms with Gasteiger partial charge in [-0.05, 0) is 50.7 Å². The molecule has 0 radical (unpaired) electrons. The zero-order valence-electron chi connectivity index (χ0n) is 25.0. The number of nitrogens with one attached hydrogen (secondary N) is 2. The Labute approximate surface area is 259 Å². The lowest BCUT2D eigenvalue weighted by Crippen LogP contribution is -2.54. The lowest BCUT2D eigenvalue weighted by molar-refractivity contribution is -0.146. The average Bonchev–Trinajstić information content (AvgIpc) is 3.72. The number of halogens is 1. The van der Waals surface area contributed by atoms with Crippen molar-refractivity contribution in [3.05, 3.63) is 60.7 Å². The molecule has 11 heteroatoms. The van der Waals surface area contributed by atoms with Crippen LogP contribution in [0.25, 0.3) is 11.1 Å². The number of hydrogen-bond acceptors (Lipinski definition) is 7. The molecule has 3 aromatic rings. The van der Waals surface area contributed by atoms with Gasteiger partial charge in [-0.3, -0.25) is 19.7 Å². The van der Waals surface area contributed by atoms with Crippen LogP contribution in [-0.2, 0) is 16.1 Å². The predicted octanol–water partition coefficient (Wildman–Crippen LogP) is 3.89. The highest BCUT2D eigenvalue weighted by Gasteiger charge is 2.38. The highest BCUT2D eigenvalue weighted by atomic mass is 35.5. The van der Waals surface area contributed by atoms with Crippen LogP contribution in [0.4, 0.5) is 5.69 Å². The number of pyridine rings is 1. The maximum absolute atomic E-state index is 13.9. The third-order valence-electron chi connectivity index (χ3n) is 8.54. The Morgan fingerprint density at radius 2 is 1.79 bits per heavy atom. The molecule has 1 saturated carbocycles. The van der Waals surface area contributed by atoms with Gasteiger partial charge in [0.05, 0.1) is 30.2 Å². The van der Waals surface area contributed by atoms with Gasteiger partial charge in [0, 0.05) is 69.7 Å². The predicted molar refractivity (Wildman–Crippen MR) is 168 cm³/mol. The van der Waals surface area contributed by atoms with Gasteiger partial charge >= 0.3 is 0 Å². The average molecular weight is 608 g/mol. The van der Waals surface area contributed by atoms with E-state index in [1.165, 1.54) is 0 Å². The fourth-order valence-electron chi connectivity index (χ4n) is 6.05. The molecule has 4 heterocycles. The Morgan fingerprint density at radius 3 is 2.49 bits per heavy atom. The van der Waals surface area contributed by atoms with Crippen LogP contribution < -0.4 is 15.0 Å². The van der Waals surface area contributed by atoms with Crippen LogP contribution in [0, 0.1) is 5.92 Å². The van der Waals surface area contributed by atoms with Crippen molar-refractivity contribution in [1.82, 2.24) is 30.3 Å². The van der Waals surface area contributed by atoms with Crippen molar-refractivity contribution >= 4 is 29.9 Å². The molecule has 3 fully saturated rings. The molecule has 1 aliphatic carbocycles. The summed E-state index contributed by atoms with van der Waals surface area (Å²) in [6.07, 6.45) is 11.1.